The molecule has 0 aliphatic heterocycles. The Bertz CT molecular complexity index is 637. The molecule has 20 heavy (non-hydrogen) atoms. The molecule has 1 N–H and O–H groups in total. The monoisotopic (exact) mass is 277 g/mol. The predicted molar refractivity (Wildman–Crippen MR) is 71.4 cm³/mol. The van der Waals surface area contributed by atoms with Crippen molar-refractivity contribution in [2.24, 2.45) is 0 Å². The Labute approximate surface area is 114 Å². The van der Waals surface area contributed by atoms with Crippen LogP contribution < -0.4 is 4.90 Å². The molecule has 7 heteroatoms. The Balaban J connectivity index is 2.06. The molecule has 0 bridgehead atoms. The summed E-state index contributed by atoms with van der Waals surface area (Å²) in [7, 11) is 1.68. The van der Waals surface area contributed by atoms with Gasteiger partial charge in [-0.05, 0) is 24.3 Å². The van der Waals surface area contributed by atoms with Gasteiger partial charge in [0, 0.05) is 18.8 Å². The van der Waals surface area contributed by atoms with Gasteiger partial charge in [0.25, 0.3) is 5.69 Å². The van der Waals surface area contributed by atoms with E-state index in [4.69, 9.17) is 0 Å². The molecule has 0 unspecified atom stereocenters. The molecule has 104 valence electrons. The maximum absolute atomic E-state index is 12.8. The standard InChI is InChI=1S/C13H12FN3O3/c1-16(10-4-2-9(14)3-5-10)8-13(18)12-6-11(7-15-12)17(19)20/h2-7,15H,8H2,1H3. The van der Waals surface area contributed by atoms with Crippen molar-refractivity contribution >= 4 is 17.2 Å². The second-order valence-electron chi connectivity index (χ2n) is 4.28. The number of carbonyl (C=O) groups excluding carboxylic acids is 1. The number of anilines is 1. The van der Waals surface area contributed by atoms with Crippen LogP contribution in [0.4, 0.5) is 15.8 Å². The summed E-state index contributed by atoms with van der Waals surface area (Å²) in [4.78, 5) is 26.1. The first-order valence-electron chi connectivity index (χ1n) is 5.80. The molecule has 1 aromatic carbocycles. The van der Waals surface area contributed by atoms with Crippen molar-refractivity contribution in [2.75, 3.05) is 18.5 Å². The van der Waals surface area contributed by atoms with Gasteiger partial charge in [0.1, 0.15) is 5.82 Å². The maximum atomic E-state index is 12.8. The number of carbonyl (C=O) groups is 1. The van der Waals surface area contributed by atoms with Crippen LogP contribution in [0.15, 0.2) is 36.5 Å². The van der Waals surface area contributed by atoms with Gasteiger partial charge >= 0.3 is 0 Å². The first-order chi connectivity index (χ1) is 9.47. The number of halogens is 1. The van der Waals surface area contributed by atoms with Crippen molar-refractivity contribution in [1.29, 1.82) is 0 Å². The zero-order valence-corrected chi connectivity index (χ0v) is 10.7. The number of Topliss-reactive ketones (excluding diaryl/α,β-unsaturated/α-hetero) is 1. The lowest BCUT2D eigenvalue weighted by Crippen LogP contribution is -2.25. The smallest absolute Gasteiger partial charge is 0.287 e. The second kappa shape index (κ2) is 5.52. The molecule has 0 aliphatic carbocycles. The Kier molecular flexibility index (Phi) is 3.79. The summed E-state index contributed by atoms with van der Waals surface area (Å²) in [5.74, 6) is -0.640. The third kappa shape index (κ3) is 3.00. The maximum Gasteiger partial charge on any atom is 0.287 e. The number of ketones is 1. The van der Waals surface area contributed by atoms with Crippen molar-refractivity contribution in [3.63, 3.8) is 0 Å². The number of nitrogens with one attached hydrogen (secondary N) is 1. The van der Waals surface area contributed by atoms with Gasteiger partial charge in [-0.3, -0.25) is 14.9 Å². The van der Waals surface area contributed by atoms with E-state index in [9.17, 15) is 19.3 Å². The molecular weight excluding hydrogens is 265 g/mol. The topological polar surface area (TPSA) is 79.2 Å². The van der Waals surface area contributed by atoms with E-state index in [1.54, 1.807) is 24.1 Å². The van der Waals surface area contributed by atoms with Crippen LogP contribution in [-0.4, -0.2) is 29.3 Å². The predicted octanol–water partition coefficient (Wildman–Crippen LogP) is 2.38. The molecule has 0 atom stereocenters. The van der Waals surface area contributed by atoms with E-state index in [1.807, 2.05) is 0 Å². The molecule has 0 fully saturated rings. The summed E-state index contributed by atoms with van der Waals surface area (Å²) < 4.78 is 12.8. The normalized spacial score (nSPS) is 10.3. The van der Waals surface area contributed by atoms with Crippen LogP contribution in [-0.2, 0) is 0 Å². The zero-order chi connectivity index (χ0) is 14.7. The number of benzene rings is 1. The van der Waals surface area contributed by atoms with E-state index in [1.165, 1.54) is 24.4 Å². The summed E-state index contributed by atoms with van der Waals surface area (Å²) in [5.41, 5.74) is 0.698. The van der Waals surface area contributed by atoms with Gasteiger partial charge in [0.05, 0.1) is 23.4 Å². The molecule has 0 saturated heterocycles. The van der Waals surface area contributed by atoms with Crippen LogP contribution in [0.5, 0.6) is 0 Å². The van der Waals surface area contributed by atoms with Gasteiger partial charge in [-0.2, -0.15) is 0 Å². The fraction of sp³-hybridized carbons (Fsp3) is 0.154. The molecule has 2 aromatic rings. The fourth-order valence-corrected chi connectivity index (χ4v) is 1.74. The highest BCUT2D eigenvalue weighted by atomic mass is 19.1. The van der Waals surface area contributed by atoms with Crippen molar-refractivity contribution in [1.82, 2.24) is 4.98 Å². The molecule has 2 rings (SSSR count). The summed E-state index contributed by atoms with van der Waals surface area (Å²) in [6.07, 6.45) is 1.17. The number of likely N-dealkylation sites (N-methyl/N-ethyl adjacent to an activating group) is 1. The van der Waals surface area contributed by atoms with Gasteiger partial charge in [0.2, 0.25) is 0 Å². The van der Waals surface area contributed by atoms with E-state index in [0.717, 1.165) is 0 Å². The Morgan fingerprint density at radius 2 is 2.05 bits per heavy atom. The van der Waals surface area contributed by atoms with Gasteiger partial charge in [-0.1, -0.05) is 0 Å². The van der Waals surface area contributed by atoms with E-state index >= 15 is 0 Å². The quantitative estimate of drug-likeness (QED) is 0.517. The Hall–Kier alpha value is -2.70. The number of nitrogens with zero attached hydrogens (tertiary/aromatic N) is 2. The van der Waals surface area contributed by atoms with Gasteiger partial charge in [-0.25, -0.2) is 4.39 Å². The third-order valence-corrected chi connectivity index (χ3v) is 2.83. The van der Waals surface area contributed by atoms with Gasteiger partial charge in [-0.15, -0.1) is 0 Å². The van der Waals surface area contributed by atoms with Gasteiger partial charge in [0.15, 0.2) is 5.78 Å². The number of hydrogen-bond donors (Lipinski definition) is 1. The molecule has 0 radical (unpaired) electrons. The average Bonchev–Trinajstić information content (AvgIpc) is 2.89. The van der Waals surface area contributed by atoms with Gasteiger partial charge < -0.3 is 9.88 Å². The summed E-state index contributed by atoms with van der Waals surface area (Å²) >= 11 is 0. The van der Waals surface area contributed by atoms with Crippen LogP contribution in [0, 0.1) is 15.9 Å². The van der Waals surface area contributed by atoms with Crippen molar-refractivity contribution in [3.8, 4) is 0 Å². The lowest BCUT2D eigenvalue weighted by Gasteiger charge is -2.17. The third-order valence-electron chi connectivity index (χ3n) is 2.83. The lowest BCUT2D eigenvalue weighted by molar-refractivity contribution is -0.384. The minimum absolute atomic E-state index is 0.0311. The molecule has 1 heterocycles. The first-order valence-corrected chi connectivity index (χ1v) is 5.80. The minimum atomic E-state index is -0.572. The number of hydrogen-bond acceptors (Lipinski definition) is 4. The highest BCUT2D eigenvalue weighted by molar-refractivity contribution is 5.98. The molecular formula is C13H12FN3O3. The fourth-order valence-electron chi connectivity index (χ4n) is 1.74. The van der Waals surface area contributed by atoms with E-state index in [2.05, 4.69) is 4.98 Å². The summed E-state index contributed by atoms with van der Waals surface area (Å²) in [6, 6.07) is 6.91. The Morgan fingerprint density at radius 3 is 2.60 bits per heavy atom. The lowest BCUT2D eigenvalue weighted by atomic mass is 10.2. The highest BCUT2D eigenvalue weighted by Crippen LogP contribution is 2.16. The number of aromatic nitrogens is 1. The summed E-state index contributed by atoms with van der Waals surface area (Å²) in [6.45, 7) is 0.0311. The number of H-pyrrole nitrogens is 1. The minimum Gasteiger partial charge on any atom is -0.367 e. The van der Waals surface area contributed by atoms with Crippen LogP contribution >= 0.6 is 0 Å². The molecule has 0 saturated carbocycles. The van der Waals surface area contributed by atoms with Crippen molar-refractivity contribution in [2.45, 2.75) is 0 Å². The van der Waals surface area contributed by atoms with Crippen LogP contribution in [0.3, 0.4) is 0 Å². The second-order valence-corrected chi connectivity index (χ2v) is 4.28. The van der Waals surface area contributed by atoms with Crippen LogP contribution in [0.1, 0.15) is 10.5 Å². The van der Waals surface area contributed by atoms with E-state index < -0.39 is 4.92 Å². The Morgan fingerprint density at radius 1 is 1.40 bits per heavy atom. The SMILES string of the molecule is CN(CC(=O)c1cc([N+](=O)[O-])c[nH]1)c1ccc(F)cc1. The van der Waals surface area contributed by atoms with Crippen LogP contribution in [0.25, 0.3) is 0 Å². The first kappa shape index (κ1) is 13.7. The molecule has 1 aromatic heterocycles. The van der Waals surface area contributed by atoms with Crippen LogP contribution in [0.2, 0.25) is 0 Å². The highest BCUT2D eigenvalue weighted by Gasteiger charge is 2.16. The number of nitro groups is 1. The average molecular weight is 277 g/mol. The molecule has 0 spiro atoms. The molecule has 0 amide bonds. The molecule has 0 aliphatic rings. The van der Waals surface area contributed by atoms with Crippen molar-refractivity contribution < 1.29 is 14.1 Å². The van der Waals surface area contributed by atoms with E-state index in [0.29, 0.717) is 5.69 Å². The molecule has 6 nitrogen and oxygen atoms in total. The summed E-state index contributed by atoms with van der Waals surface area (Å²) in [5, 5.41) is 10.5. The zero-order valence-electron chi connectivity index (χ0n) is 10.7. The number of rotatable bonds is 5. The number of aromatic amines is 1. The largest absolute Gasteiger partial charge is 0.367 e. The van der Waals surface area contributed by atoms with Crippen molar-refractivity contribution in [3.05, 3.63) is 58.2 Å². The van der Waals surface area contributed by atoms with E-state index in [-0.39, 0.29) is 29.5 Å².